The highest BCUT2D eigenvalue weighted by Crippen LogP contribution is 2.30. The number of likely N-dealkylation sites (tertiary alicyclic amines) is 1. The number of piperidine rings is 1. The number of aromatic nitrogens is 3. The van der Waals surface area contributed by atoms with Crippen LogP contribution in [0.5, 0.6) is 0 Å². The summed E-state index contributed by atoms with van der Waals surface area (Å²) in [7, 11) is 0. The quantitative estimate of drug-likeness (QED) is 0.515. The third kappa shape index (κ3) is 5.79. The first-order valence-corrected chi connectivity index (χ1v) is 11.7. The zero-order valence-corrected chi connectivity index (χ0v) is 20.5. The summed E-state index contributed by atoms with van der Waals surface area (Å²) in [5, 5.41) is 17.4. The van der Waals surface area contributed by atoms with Crippen molar-refractivity contribution >= 4 is 23.6 Å². The molecule has 0 aliphatic carbocycles. The van der Waals surface area contributed by atoms with Gasteiger partial charge in [-0.1, -0.05) is 18.2 Å². The molecule has 0 saturated carbocycles. The van der Waals surface area contributed by atoms with Crippen LogP contribution in [-0.2, 0) is 4.74 Å². The van der Waals surface area contributed by atoms with Gasteiger partial charge in [0.1, 0.15) is 11.4 Å². The van der Waals surface area contributed by atoms with Crippen molar-refractivity contribution in [2.75, 3.05) is 18.4 Å². The van der Waals surface area contributed by atoms with Crippen molar-refractivity contribution in [3.63, 3.8) is 0 Å². The summed E-state index contributed by atoms with van der Waals surface area (Å²) in [6.45, 7) is 8.75. The fourth-order valence-electron chi connectivity index (χ4n) is 4.18. The van der Waals surface area contributed by atoms with Crippen LogP contribution in [0.3, 0.4) is 0 Å². The molecule has 1 aliphatic rings. The van der Waals surface area contributed by atoms with E-state index in [-0.39, 0.29) is 17.7 Å². The van der Waals surface area contributed by atoms with Crippen molar-refractivity contribution in [2.45, 2.75) is 52.2 Å². The lowest BCUT2D eigenvalue weighted by Gasteiger charge is -2.33. The SMILES string of the molecule is Cc1cnc(Nc2cnn(C3CCN(C(=O)OC(C)(C)C)CC3)c2)cc1-c1ccccc1C(=O)O. The number of carboxylic acid groups (broad SMARTS) is 1. The molecule has 1 saturated heterocycles. The van der Waals surface area contributed by atoms with E-state index < -0.39 is 11.6 Å². The summed E-state index contributed by atoms with van der Waals surface area (Å²) in [5.41, 5.74) is 2.87. The first-order chi connectivity index (χ1) is 16.6. The Labute approximate surface area is 204 Å². The normalized spacial score (nSPS) is 14.6. The molecule has 9 heteroatoms. The summed E-state index contributed by atoms with van der Waals surface area (Å²) >= 11 is 0. The molecule has 1 aromatic carbocycles. The molecule has 0 unspecified atom stereocenters. The van der Waals surface area contributed by atoms with Crippen LogP contribution in [-0.4, -0.2) is 55.5 Å². The lowest BCUT2D eigenvalue weighted by Crippen LogP contribution is -2.42. The van der Waals surface area contributed by atoms with Crippen molar-refractivity contribution < 1.29 is 19.4 Å². The van der Waals surface area contributed by atoms with Crippen LogP contribution in [0.4, 0.5) is 16.3 Å². The Kier molecular flexibility index (Phi) is 6.77. The Balaban J connectivity index is 1.44. The molecule has 1 amide bonds. The van der Waals surface area contributed by atoms with Crippen molar-refractivity contribution in [2.24, 2.45) is 0 Å². The number of carboxylic acids is 1. The summed E-state index contributed by atoms with van der Waals surface area (Å²) in [5.74, 6) is -0.365. The van der Waals surface area contributed by atoms with Gasteiger partial charge in [-0.2, -0.15) is 5.10 Å². The number of ether oxygens (including phenoxy) is 1. The number of aryl methyl sites for hydroxylation is 1. The third-order valence-corrected chi connectivity index (χ3v) is 5.92. The molecule has 2 aromatic heterocycles. The van der Waals surface area contributed by atoms with Gasteiger partial charge in [-0.15, -0.1) is 0 Å². The van der Waals surface area contributed by atoms with E-state index in [1.165, 1.54) is 0 Å². The molecule has 3 heterocycles. The minimum absolute atomic E-state index is 0.188. The van der Waals surface area contributed by atoms with Crippen LogP contribution >= 0.6 is 0 Å². The number of aromatic carboxylic acids is 1. The van der Waals surface area contributed by atoms with Gasteiger partial charge in [0.15, 0.2) is 0 Å². The van der Waals surface area contributed by atoms with E-state index >= 15 is 0 Å². The maximum absolute atomic E-state index is 12.3. The second kappa shape index (κ2) is 9.77. The predicted molar refractivity (Wildman–Crippen MR) is 133 cm³/mol. The Morgan fingerprint density at radius 3 is 2.51 bits per heavy atom. The number of carbonyl (C=O) groups excluding carboxylic acids is 1. The standard InChI is InChI=1S/C26H31N5O4/c1-17-14-27-23(13-22(17)20-7-5-6-8-21(20)24(32)33)29-18-15-28-31(16-18)19-9-11-30(12-10-19)25(34)35-26(2,3)4/h5-8,13-16,19H,9-12H2,1-4H3,(H,27,29)(H,32,33). The van der Waals surface area contributed by atoms with Crippen LogP contribution in [0, 0.1) is 6.92 Å². The zero-order chi connectivity index (χ0) is 25.2. The highest BCUT2D eigenvalue weighted by molar-refractivity contribution is 5.96. The van der Waals surface area contributed by atoms with Crippen LogP contribution in [0.1, 0.15) is 55.6 Å². The minimum Gasteiger partial charge on any atom is -0.478 e. The van der Waals surface area contributed by atoms with Gasteiger partial charge in [-0.25, -0.2) is 14.6 Å². The van der Waals surface area contributed by atoms with Crippen molar-refractivity contribution in [1.29, 1.82) is 0 Å². The molecular formula is C26H31N5O4. The lowest BCUT2D eigenvalue weighted by molar-refractivity contribution is 0.0184. The molecule has 9 nitrogen and oxygen atoms in total. The molecule has 0 bridgehead atoms. The smallest absolute Gasteiger partial charge is 0.410 e. The lowest BCUT2D eigenvalue weighted by atomic mass is 9.97. The van der Waals surface area contributed by atoms with E-state index in [4.69, 9.17) is 4.74 Å². The maximum Gasteiger partial charge on any atom is 0.410 e. The van der Waals surface area contributed by atoms with Crippen molar-refractivity contribution in [3.8, 4) is 11.1 Å². The third-order valence-electron chi connectivity index (χ3n) is 5.92. The topological polar surface area (TPSA) is 110 Å². The summed E-state index contributed by atoms with van der Waals surface area (Å²) in [6, 6.07) is 8.99. The summed E-state index contributed by atoms with van der Waals surface area (Å²) in [6.07, 6.45) is 6.71. The first-order valence-electron chi connectivity index (χ1n) is 11.7. The number of amides is 1. The van der Waals surface area contributed by atoms with Gasteiger partial charge in [0.25, 0.3) is 0 Å². The summed E-state index contributed by atoms with van der Waals surface area (Å²) in [4.78, 5) is 30.2. The number of carbonyl (C=O) groups is 2. The molecule has 2 N–H and O–H groups in total. The van der Waals surface area contributed by atoms with E-state index in [1.54, 1.807) is 35.5 Å². The molecule has 1 fully saturated rings. The van der Waals surface area contributed by atoms with Crippen LogP contribution < -0.4 is 5.32 Å². The molecule has 35 heavy (non-hydrogen) atoms. The zero-order valence-electron chi connectivity index (χ0n) is 20.5. The van der Waals surface area contributed by atoms with Gasteiger partial charge >= 0.3 is 12.1 Å². The molecule has 184 valence electrons. The number of hydrogen-bond acceptors (Lipinski definition) is 6. The second-order valence-corrected chi connectivity index (χ2v) is 9.77. The van der Waals surface area contributed by atoms with Gasteiger partial charge in [0, 0.05) is 25.5 Å². The number of anilines is 2. The largest absolute Gasteiger partial charge is 0.478 e. The Morgan fingerprint density at radius 2 is 1.83 bits per heavy atom. The van der Waals surface area contributed by atoms with Gasteiger partial charge < -0.3 is 20.1 Å². The number of hydrogen-bond donors (Lipinski definition) is 2. The fraction of sp³-hybridized carbons (Fsp3) is 0.385. The number of nitrogens with one attached hydrogen (secondary N) is 1. The van der Waals surface area contributed by atoms with E-state index in [1.807, 2.05) is 50.7 Å². The monoisotopic (exact) mass is 477 g/mol. The average molecular weight is 478 g/mol. The predicted octanol–water partition coefficient (Wildman–Crippen LogP) is 5.27. The Morgan fingerprint density at radius 1 is 1.11 bits per heavy atom. The van der Waals surface area contributed by atoms with Crippen LogP contribution in [0.15, 0.2) is 48.9 Å². The van der Waals surface area contributed by atoms with Gasteiger partial charge in [0.05, 0.1) is 23.5 Å². The number of benzene rings is 1. The minimum atomic E-state index is -0.967. The van der Waals surface area contributed by atoms with E-state index in [9.17, 15) is 14.7 Å². The Hall–Kier alpha value is -3.88. The molecule has 0 spiro atoms. The maximum atomic E-state index is 12.3. The van der Waals surface area contributed by atoms with Gasteiger partial charge in [-0.3, -0.25) is 4.68 Å². The highest BCUT2D eigenvalue weighted by atomic mass is 16.6. The first kappa shape index (κ1) is 24.3. The number of rotatable bonds is 5. The molecule has 0 atom stereocenters. The fourth-order valence-corrected chi connectivity index (χ4v) is 4.18. The molecule has 0 radical (unpaired) electrons. The van der Waals surface area contributed by atoms with Crippen molar-refractivity contribution in [3.05, 3.63) is 60.0 Å². The van der Waals surface area contributed by atoms with Crippen LogP contribution in [0.25, 0.3) is 11.1 Å². The average Bonchev–Trinajstić information content (AvgIpc) is 3.28. The van der Waals surface area contributed by atoms with Crippen molar-refractivity contribution in [1.82, 2.24) is 19.7 Å². The van der Waals surface area contributed by atoms with E-state index in [0.29, 0.717) is 24.5 Å². The van der Waals surface area contributed by atoms with Crippen LogP contribution in [0.2, 0.25) is 0 Å². The molecule has 3 aromatic rings. The van der Waals surface area contributed by atoms with Gasteiger partial charge in [0.2, 0.25) is 0 Å². The second-order valence-electron chi connectivity index (χ2n) is 9.77. The van der Waals surface area contributed by atoms with E-state index in [0.717, 1.165) is 29.7 Å². The Bertz CT molecular complexity index is 1220. The number of nitrogens with zero attached hydrogens (tertiary/aromatic N) is 4. The van der Waals surface area contributed by atoms with E-state index in [2.05, 4.69) is 15.4 Å². The van der Waals surface area contributed by atoms with Gasteiger partial charge in [-0.05, 0) is 69.4 Å². The molecule has 1 aliphatic heterocycles. The highest BCUT2D eigenvalue weighted by Gasteiger charge is 2.28. The number of pyridine rings is 1. The summed E-state index contributed by atoms with van der Waals surface area (Å²) < 4.78 is 7.39. The molecule has 4 rings (SSSR count). The molecular weight excluding hydrogens is 446 g/mol.